The summed E-state index contributed by atoms with van der Waals surface area (Å²) in [6, 6.07) is 23.5. The maximum absolute atomic E-state index is 15.1. The maximum atomic E-state index is 15.1. The second-order valence-corrected chi connectivity index (χ2v) is 37.9. The SMILES string of the molecule is CCC(C)[C@@H]([C@@H](CC(=O)N1CCC[C@H]1[C@H](OC)[C@@H](C)C(=O)N[C@H](C)[C@@H](O)c1ccccc1)OC)N(C)C(=O)[C@@H](NC(=O)[C@H](C(C)C)N(C)C(=O)OCc1ccc(NC(=O)[C@H](CCCNC(N)=O)NC(=O)[C@@H](NC(=O)COCCOCCOCCOc2ccc(N3C(=O)C(Sc4ccc(C(=O)N5CCOCC5)cc4)=C(Sc4ccc(C(=O)N5CCOCC5)cc4)C3=O)c(C(F)(F)F)c2)C(C)C)cc1)C(C)C. The number of urea groups is 1. The van der Waals surface area contributed by atoms with Crippen molar-refractivity contribution < 1.29 is 123 Å². The van der Waals surface area contributed by atoms with Crippen molar-refractivity contribution in [2.24, 2.45) is 35.3 Å². The molecule has 4 aliphatic heterocycles. The third-order valence-electron chi connectivity index (χ3n) is 24.8. The predicted molar refractivity (Wildman–Crippen MR) is 516 cm³/mol. The van der Waals surface area contributed by atoms with Crippen molar-refractivity contribution in [3.8, 4) is 5.75 Å². The fraction of sp³-hybridized carbons (Fsp3) is 0.545. The topological polar surface area (TPSA) is 443 Å². The molecule has 5 aromatic carbocycles. The number of anilines is 2. The van der Waals surface area contributed by atoms with Gasteiger partial charge >= 0.3 is 18.3 Å². The first-order valence-corrected chi connectivity index (χ1v) is 48.8. The molecule has 12 atom stereocenters. The number of thioether (sulfide) groups is 2. The van der Waals surface area contributed by atoms with Crippen LogP contribution in [0.4, 0.5) is 34.1 Å². The number of aliphatic hydroxyl groups is 1. The van der Waals surface area contributed by atoms with E-state index in [1.54, 1.807) is 162 Å². The van der Waals surface area contributed by atoms with E-state index in [1.165, 1.54) is 44.4 Å². The molecule has 0 radical (unpaired) electrons. The number of nitrogens with two attached hydrogens (primary N) is 1. The molecule has 0 aliphatic carbocycles. The van der Waals surface area contributed by atoms with E-state index in [2.05, 4.69) is 31.9 Å². The Morgan fingerprint density at radius 3 is 1.69 bits per heavy atom. The van der Waals surface area contributed by atoms with Gasteiger partial charge in [0.15, 0.2) is 0 Å². The Kier molecular flexibility index (Phi) is 43.9. The summed E-state index contributed by atoms with van der Waals surface area (Å²) in [5.41, 5.74) is 5.35. The van der Waals surface area contributed by atoms with Crippen molar-refractivity contribution in [2.45, 2.75) is 191 Å². The Hall–Kier alpha value is -11.3. The molecule has 4 aliphatic rings. The van der Waals surface area contributed by atoms with Crippen molar-refractivity contribution in [2.75, 3.05) is 150 Å². The Labute approximate surface area is 823 Å². The highest BCUT2D eigenvalue weighted by atomic mass is 32.2. The number of methoxy groups -OCH3 is 2. The van der Waals surface area contributed by atoms with Crippen LogP contribution in [0.1, 0.15) is 151 Å². The number of hydrogen-bond acceptors (Lipinski definition) is 25. The van der Waals surface area contributed by atoms with Gasteiger partial charge in [0.25, 0.3) is 23.6 Å². The standard InChI is InChI=1S/C99H134F3N13O23S2/c1-15-62(8)83(77(130-13)56-79(117)114-40-20-24-76(114)85(131-14)63(9)88(119)105-64(10)84(118)66-21-17-16-18-22-66)110(11)94(125)81(60(4)5)109-91(122)82(61(6)7)111(12)98(129)138-57-65-25-31-69(32-26-65)106-89(120)74(23-19-39-104-97(103)128)107-90(121)80(59(2)3)108-78(116)58-136-52-51-134-49-50-135-53-54-137-70-33-38-75(73(55-70)99(100,101)102)115-95(126)86(139-71-34-27-67(28-35-71)92(123)112-41-45-132-46-42-112)87(96(115)127)140-72-36-29-68(30-37-72)93(124)113-43-47-133-48-44-113/h16-18,21-22,25-38,55,59-64,74,76-77,80-85,118H,15,19-20,23-24,39-54,56-58H2,1-14H3,(H,105,119)(H,106,120)(H,107,121)(H,108,116)(H,109,122)(H3,103,104,128)/t62?,63-,64-,74+,76+,77-,80+,81+,82+,83+,84-,85-/m1/s1. The fourth-order valence-electron chi connectivity index (χ4n) is 16.9. The molecule has 4 heterocycles. The molecule has 9 rings (SSSR count). The second-order valence-electron chi connectivity index (χ2n) is 35.8. The third-order valence-corrected chi connectivity index (χ3v) is 27.1. The minimum Gasteiger partial charge on any atom is -0.491 e. The lowest BCUT2D eigenvalue weighted by atomic mass is 9.89. The van der Waals surface area contributed by atoms with Gasteiger partial charge in [-0.15, -0.1) is 0 Å². The van der Waals surface area contributed by atoms with Gasteiger partial charge in [0.2, 0.25) is 41.4 Å². The highest BCUT2D eigenvalue weighted by Gasteiger charge is 2.48. The number of rotatable bonds is 51. The zero-order valence-corrected chi connectivity index (χ0v) is 83.5. The maximum Gasteiger partial charge on any atom is 0.418 e. The van der Waals surface area contributed by atoms with Gasteiger partial charge in [-0.2, -0.15) is 13.2 Å². The van der Waals surface area contributed by atoms with Crippen molar-refractivity contribution in [3.63, 3.8) is 0 Å². The molecule has 0 saturated carbocycles. The summed E-state index contributed by atoms with van der Waals surface area (Å²) in [5.74, 6) is -8.85. The first kappa shape index (κ1) is 112. The molecule has 41 heteroatoms. The minimum absolute atomic E-state index is 0.00554. The van der Waals surface area contributed by atoms with E-state index in [9.17, 15) is 67.4 Å². The number of carbonyl (C=O) groups excluding carboxylic acids is 13. The van der Waals surface area contributed by atoms with Crippen molar-refractivity contribution in [1.82, 2.24) is 51.1 Å². The molecule has 140 heavy (non-hydrogen) atoms. The van der Waals surface area contributed by atoms with Crippen molar-refractivity contribution in [1.29, 1.82) is 0 Å². The number of likely N-dealkylation sites (tertiary alicyclic amines) is 1. The van der Waals surface area contributed by atoms with Gasteiger partial charge in [0.05, 0.1) is 129 Å². The van der Waals surface area contributed by atoms with E-state index in [-0.39, 0.29) is 123 Å². The van der Waals surface area contributed by atoms with Gasteiger partial charge in [-0.25, -0.2) is 14.5 Å². The van der Waals surface area contributed by atoms with E-state index in [1.807, 2.05) is 19.9 Å². The van der Waals surface area contributed by atoms with Gasteiger partial charge in [-0.1, -0.05) is 135 Å². The summed E-state index contributed by atoms with van der Waals surface area (Å²) < 4.78 is 96.3. The quantitative estimate of drug-likeness (QED) is 0.0133. The van der Waals surface area contributed by atoms with Gasteiger partial charge in [-0.3, -0.25) is 57.6 Å². The number of hydrogen-bond donors (Lipinski definition) is 8. The van der Waals surface area contributed by atoms with E-state index < -0.39 is 162 Å². The Morgan fingerprint density at radius 1 is 0.614 bits per heavy atom. The largest absolute Gasteiger partial charge is 0.491 e. The molecule has 14 amide bonds. The minimum atomic E-state index is -5.10. The van der Waals surface area contributed by atoms with Gasteiger partial charge in [0, 0.05) is 94.2 Å². The second kappa shape index (κ2) is 54.7. The zero-order chi connectivity index (χ0) is 102. The van der Waals surface area contributed by atoms with Crippen LogP contribution in [0.5, 0.6) is 5.75 Å². The van der Waals surface area contributed by atoms with Crippen LogP contribution in [-0.2, 0) is 93.8 Å². The third kappa shape index (κ3) is 31.6. The molecule has 3 fully saturated rings. The van der Waals surface area contributed by atoms with Gasteiger partial charge in [-0.05, 0) is 146 Å². The van der Waals surface area contributed by atoms with E-state index in [0.717, 1.165) is 34.5 Å². The normalized spacial score (nSPS) is 17.1. The lowest BCUT2D eigenvalue weighted by Crippen LogP contribution is -2.60. The molecule has 5 aromatic rings. The van der Waals surface area contributed by atoms with Crippen LogP contribution in [0, 0.1) is 29.6 Å². The lowest BCUT2D eigenvalue weighted by Gasteiger charge is -2.41. The molecule has 3 saturated heterocycles. The monoisotopic (exact) mass is 1990 g/mol. The van der Waals surface area contributed by atoms with Gasteiger partial charge < -0.3 is 105 Å². The molecule has 766 valence electrons. The van der Waals surface area contributed by atoms with Crippen LogP contribution >= 0.6 is 23.5 Å². The number of carbonyl (C=O) groups is 13. The molecule has 0 aromatic heterocycles. The number of alkyl halides is 3. The smallest absolute Gasteiger partial charge is 0.418 e. The summed E-state index contributed by atoms with van der Waals surface area (Å²) in [6.07, 6.45) is -6.52. The van der Waals surface area contributed by atoms with Crippen LogP contribution in [0.25, 0.3) is 0 Å². The van der Waals surface area contributed by atoms with Crippen LogP contribution in [0.3, 0.4) is 0 Å². The number of amides is 14. The fourth-order valence-corrected chi connectivity index (χ4v) is 18.8. The van der Waals surface area contributed by atoms with Crippen LogP contribution < -0.4 is 47.3 Å². The molecule has 1 unspecified atom stereocenters. The van der Waals surface area contributed by atoms with E-state index in [0.29, 0.717) is 121 Å². The molecular weight excluding hydrogens is 1860 g/mol. The number of nitrogens with zero attached hydrogens (tertiary/aromatic N) is 6. The average molecular weight is 2000 g/mol. The number of halogens is 3. The summed E-state index contributed by atoms with van der Waals surface area (Å²) in [5, 5.41) is 27.5. The Morgan fingerprint density at radius 2 is 1.17 bits per heavy atom. The van der Waals surface area contributed by atoms with Crippen LogP contribution in [-0.4, -0.2) is 301 Å². The first-order chi connectivity index (χ1) is 66.8. The number of likely N-dealkylation sites (N-methyl/N-ethyl adjacent to an activating group) is 2. The summed E-state index contributed by atoms with van der Waals surface area (Å²) in [7, 11) is 6.02. The predicted octanol–water partition coefficient (Wildman–Crippen LogP) is 9.35. The molecule has 0 bridgehead atoms. The number of morpholine rings is 2. The van der Waals surface area contributed by atoms with E-state index >= 15 is 13.2 Å². The number of imide groups is 1. The van der Waals surface area contributed by atoms with Gasteiger partial charge in [0.1, 0.15) is 49.7 Å². The molecule has 36 nitrogen and oxygen atoms in total. The zero-order valence-electron chi connectivity index (χ0n) is 81.8. The summed E-state index contributed by atoms with van der Waals surface area (Å²) in [4.78, 5) is 189. The summed E-state index contributed by atoms with van der Waals surface area (Å²) in [6.45, 7) is 20.2. The Bertz CT molecular complexity index is 4940. The number of nitrogens with one attached hydrogen (secondary N) is 6. The Balaban J connectivity index is 0.709. The number of ether oxygens (including phenoxy) is 9. The van der Waals surface area contributed by atoms with Crippen LogP contribution in [0.2, 0.25) is 0 Å². The lowest BCUT2D eigenvalue weighted by molar-refractivity contribution is -0.148. The number of aliphatic hydroxyl groups excluding tert-OH is 1. The molecular formula is C99H134F3N13O23S2. The number of benzene rings is 5. The first-order valence-electron chi connectivity index (χ1n) is 47.1. The molecule has 0 spiro atoms. The number of primary amides is 1. The van der Waals surface area contributed by atoms with E-state index in [4.69, 9.17) is 48.4 Å². The average Bonchev–Trinajstić information content (AvgIpc) is 1.60. The van der Waals surface area contributed by atoms with Crippen molar-refractivity contribution >= 4 is 112 Å². The highest BCUT2D eigenvalue weighted by molar-refractivity contribution is 8.08. The summed E-state index contributed by atoms with van der Waals surface area (Å²) >= 11 is 1.71. The highest BCUT2D eigenvalue weighted by Crippen LogP contribution is 2.48. The van der Waals surface area contributed by atoms with Crippen molar-refractivity contribution in [3.05, 3.63) is 159 Å². The van der Waals surface area contributed by atoms with Crippen LogP contribution in [0.15, 0.2) is 141 Å². The molecule has 9 N–H and O–H groups in total.